The van der Waals surface area contributed by atoms with Crippen molar-refractivity contribution >= 4 is 38.5 Å². The molecule has 9 rings (SSSR count). The highest BCUT2D eigenvalue weighted by molar-refractivity contribution is 6.08. The second kappa shape index (κ2) is 11.0. The van der Waals surface area contributed by atoms with Gasteiger partial charge in [0.1, 0.15) is 28.6 Å². The number of rotatable bonds is 4. The van der Waals surface area contributed by atoms with Crippen LogP contribution in [0.15, 0.2) is 142 Å². The molecule has 4 heteroatoms. The van der Waals surface area contributed by atoms with Crippen LogP contribution in [0.25, 0.3) is 83.0 Å². The van der Waals surface area contributed by atoms with E-state index in [1.54, 1.807) is 0 Å². The highest BCUT2D eigenvalue weighted by Gasteiger charge is 2.22. The van der Waals surface area contributed by atoms with Crippen molar-refractivity contribution in [2.45, 2.75) is 12.8 Å². The Morgan fingerprint density at radius 1 is 0.479 bits per heavy atom. The fourth-order valence-corrected chi connectivity index (χ4v) is 7.11. The third-order valence-corrected chi connectivity index (χ3v) is 9.43. The van der Waals surface area contributed by atoms with Gasteiger partial charge in [0, 0.05) is 39.3 Å². The van der Waals surface area contributed by atoms with E-state index in [1.807, 2.05) is 78.9 Å². The van der Waals surface area contributed by atoms with E-state index in [-0.39, 0.29) is 0 Å². The molecule has 0 unspecified atom stereocenters. The first-order valence-corrected chi connectivity index (χ1v) is 16.0. The van der Waals surface area contributed by atoms with Crippen LogP contribution in [0.1, 0.15) is 23.3 Å². The van der Waals surface area contributed by atoms with Crippen LogP contribution in [0.4, 0.5) is 0 Å². The minimum atomic E-state index is 0.655. The number of nitrogens with zero attached hydrogens (tertiary/aromatic N) is 2. The number of aryl methyl sites for hydroxylation is 1. The van der Waals surface area contributed by atoms with E-state index >= 15 is 0 Å². The summed E-state index contributed by atoms with van der Waals surface area (Å²) in [5.74, 6) is 0.891. The molecule has 6 aromatic carbocycles. The lowest BCUT2D eigenvalue weighted by Crippen LogP contribution is -1.94. The molecule has 0 amide bonds. The molecule has 48 heavy (non-hydrogen) atoms. The molecular weight excluding hydrogens is 588 g/mol. The summed E-state index contributed by atoms with van der Waals surface area (Å²) < 4.78 is 12.6. The standard InChI is InChI=1S/C44H26N2O2/c45-25-32-12-7-13-42-44(32)38-21-30(16-19-41(38)47-42)29-15-18-40-37(20-29)34-17-14-31(24-43(34)48-40)33-22-35(27-8-3-1-4-9-27)39(26-46)36(23-33)28-10-5-2-6-11-28/h1-6,8-12,14-24H,7,13H2. The van der Waals surface area contributed by atoms with Crippen molar-refractivity contribution in [2.75, 3.05) is 0 Å². The van der Waals surface area contributed by atoms with Gasteiger partial charge in [-0.05, 0) is 88.3 Å². The Morgan fingerprint density at radius 2 is 1.08 bits per heavy atom. The summed E-state index contributed by atoms with van der Waals surface area (Å²) in [5, 5.41) is 23.2. The van der Waals surface area contributed by atoms with E-state index in [1.165, 1.54) is 0 Å². The second-order valence-corrected chi connectivity index (χ2v) is 12.2. The van der Waals surface area contributed by atoms with Crippen molar-refractivity contribution in [1.82, 2.24) is 0 Å². The monoisotopic (exact) mass is 614 g/mol. The van der Waals surface area contributed by atoms with E-state index in [4.69, 9.17) is 8.83 Å². The lowest BCUT2D eigenvalue weighted by atomic mass is 9.88. The van der Waals surface area contributed by atoms with Crippen LogP contribution >= 0.6 is 0 Å². The van der Waals surface area contributed by atoms with Crippen LogP contribution in [0, 0.1) is 22.7 Å². The summed E-state index contributed by atoms with van der Waals surface area (Å²) in [4.78, 5) is 0. The number of hydrogen-bond donors (Lipinski definition) is 0. The summed E-state index contributed by atoms with van der Waals surface area (Å²) in [7, 11) is 0. The molecular formula is C44H26N2O2. The Kier molecular flexibility index (Phi) is 6.35. The van der Waals surface area contributed by atoms with Crippen molar-refractivity contribution in [1.29, 1.82) is 10.5 Å². The Balaban J connectivity index is 1.16. The average molecular weight is 615 g/mol. The van der Waals surface area contributed by atoms with Gasteiger partial charge in [-0.25, -0.2) is 0 Å². The zero-order valence-electron chi connectivity index (χ0n) is 25.8. The quantitative estimate of drug-likeness (QED) is 0.198. The van der Waals surface area contributed by atoms with E-state index in [2.05, 4.69) is 66.7 Å². The van der Waals surface area contributed by atoms with Gasteiger partial charge in [-0.15, -0.1) is 0 Å². The lowest BCUT2D eigenvalue weighted by molar-refractivity contribution is 0.545. The molecule has 1 aliphatic rings. The molecule has 0 radical (unpaired) electrons. The summed E-state index contributed by atoms with van der Waals surface area (Å²) in [6, 6.07) is 48.1. The van der Waals surface area contributed by atoms with Gasteiger partial charge in [0.2, 0.25) is 0 Å². The Labute approximate surface area is 277 Å². The SMILES string of the molecule is N#CC1=CCCc2oc3ccc(-c4ccc5oc6cc(-c7cc(-c8ccccc8)c(C#N)c(-c8ccccc8)c7)ccc6c5c4)cc3c21. The molecule has 0 N–H and O–H groups in total. The van der Waals surface area contributed by atoms with Gasteiger partial charge in [-0.2, -0.15) is 10.5 Å². The number of furan rings is 2. The number of hydrogen-bond acceptors (Lipinski definition) is 4. The molecule has 0 bridgehead atoms. The van der Waals surface area contributed by atoms with Crippen LogP contribution in [-0.2, 0) is 6.42 Å². The Bertz CT molecular complexity index is 2620. The van der Waals surface area contributed by atoms with Crippen LogP contribution in [0.5, 0.6) is 0 Å². The van der Waals surface area contributed by atoms with E-state index < -0.39 is 0 Å². The van der Waals surface area contributed by atoms with Crippen molar-refractivity contribution in [3.8, 4) is 56.6 Å². The van der Waals surface area contributed by atoms with Crippen molar-refractivity contribution in [3.63, 3.8) is 0 Å². The maximum Gasteiger partial charge on any atom is 0.136 e. The molecule has 0 aliphatic heterocycles. The average Bonchev–Trinajstić information content (AvgIpc) is 3.72. The minimum Gasteiger partial charge on any atom is -0.460 e. The van der Waals surface area contributed by atoms with Crippen molar-refractivity contribution in [2.24, 2.45) is 0 Å². The van der Waals surface area contributed by atoms with Gasteiger partial charge in [0.05, 0.1) is 17.2 Å². The van der Waals surface area contributed by atoms with Gasteiger partial charge < -0.3 is 8.83 Å². The summed E-state index contributed by atoms with van der Waals surface area (Å²) in [5.41, 5.74) is 12.6. The summed E-state index contributed by atoms with van der Waals surface area (Å²) >= 11 is 0. The van der Waals surface area contributed by atoms with Crippen LogP contribution in [-0.4, -0.2) is 0 Å². The van der Waals surface area contributed by atoms with E-state index in [9.17, 15) is 10.5 Å². The van der Waals surface area contributed by atoms with Crippen LogP contribution < -0.4 is 0 Å². The van der Waals surface area contributed by atoms with Gasteiger partial charge in [-0.3, -0.25) is 0 Å². The molecule has 0 atom stereocenters. The molecule has 0 saturated heterocycles. The minimum absolute atomic E-state index is 0.655. The predicted octanol–water partition coefficient (Wildman–Crippen LogP) is 11.7. The van der Waals surface area contributed by atoms with Crippen LogP contribution in [0.2, 0.25) is 0 Å². The molecule has 4 nitrogen and oxygen atoms in total. The second-order valence-electron chi connectivity index (χ2n) is 12.2. The zero-order valence-corrected chi connectivity index (χ0v) is 25.8. The largest absolute Gasteiger partial charge is 0.460 e. The fourth-order valence-electron chi connectivity index (χ4n) is 7.11. The molecule has 8 aromatic rings. The van der Waals surface area contributed by atoms with Crippen molar-refractivity contribution < 1.29 is 8.83 Å². The highest BCUT2D eigenvalue weighted by atomic mass is 16.3. The first-order chi connectivity index (χ1) is 23.7. The molecule has 224 valence electrons. The highest BCUT2D eigenvalue weighted by Crippen LogP contribution is 2.41. The molecule has 0 saturated carbocycles. The van der Waals surface area contributed by atoms with Crippen molar-refractivity contribution in [3.05, 3.63) is 150 Å². The maximum atomic E-state index is 10.3. The third kappa shape index (κ3) is 4.43. The molecule has 2 heterocycles. The Morgan fingerprint density at radius 3 is 1.73 bits per heavy atom. The summed E-state index contributed by atoms with van der Waals surface area (Å²) in [6.45, 7) is 0. The van der Waals surface area contributed by atoms with E-state index in [0.29, 0.717) is 11.1 Å². The maximum absolute atomic E-state index is 10.3. The fraction of sp³-hybridized carbons (Fsp3) is 0.0455. The normalized spacial score (nSPS) is 12.5. The van der Waals surface area contributed by atoms with Crippen LogP contribution in [0.3, 0.4) is 0 Å². The van der Waals surface area contributed by atoms with Gasteiger partial charge in [0.25, 0.3) is 0 Å². The summed E-state index contributed by atoms with van der Waals surface area (Å²) in [6.07, 6.45) is 3.63. The molecule has 0 fully saturated rings. The smallest absolute Gasteiger partial charge is 0.136 e. The third-order valence-electron chi connectivity index (χ3n) is 9.43. The van der Waals surface area contributed by atoms with Gasteiger partial charge in [-0.1, -0.05) is 84.9 Å². The lowest BCUT2D eigenvalue weighted by Gasteiger charge is -2.14. The number of allylic oxidation sites excluding steroid dienone is 2. The zero-order chi connectivity index (χ0) is 32.2. The predicted molar refractivity (Wildman–Crippen MR) is 192 cm³/mol. The number of fused-ring (bicyclic) bond motifs is 6. The first kappa shape index (κ1) is 27.7. The van der Waals surface area contributed by atoms with E-state index in [0.717, 1.165) is 102 Å². The van der Waals surface area contributed by atoms with Gasteiger partial charge >= 0.3 is 0 Å². The topological polar surface area (TPSA) is 73.9 Å². The molecule has 1 aliphatic carbocycles. The number of benzene rings is 6. The van der Waals surface area contributed by atoms with Gasteiger partial charge in [0.15, 0.2) is 0 Å². The molecule has 0 spiro atoms. The number of nitriles is 2. The molecule has 2 aromatic heterocycles. The Hall–Kier alpha value is -6.62. The first-order valence-electron chi connectivity index (χ1n) is 16.0.